The fourth-order valence-corrected chi connectivity index (χ4v) is 1.27. The summed E-state index contributed by atoms with van der Waals surface area (Å²) in [5.41, 5.74) is 0.304. The quantitative estimate of drug-likeness (QED) is 0.839. The van der Waals surface area contributed by atoms with Crippen LogP contribution in [0.25, 0.3) is 0 Å². The van der Waals surface area contributed by atoms with Gasteiger partial charge in [-0.2, -0.15) is 0 Å². The molecular weight excluding hydrogens is 207 g/mol. The molecule has 1 aromatic rings. The second kappa shape index (κ2) is 5.02. The fraction of sp³-hybridized carbons (Fsp3) is 0.400. The molecule has 0 radical (unpaired) electrons. The Morgan fingerprint density at radius 1 is 1.40 bits per heavy atom. The van der Waals surface area contributed by atoms with Gasteiger partial charge in [0.05, 0.1) is 6.54 Å². The predicted octanol–water partition coefficient (Wildman–Crippen LogP) is 2.23. The zero-order chi connectivity index (χ0) is 11.4. The van der Waals surface area contributed by atoms with Crippen LogP contribution in [0.4, 0.5) is 13.2 Å². The van der Waals surface area contributed by atoms with Crippen molar-refractivity contribution in [2.24, 2.45) is 0 Å². The lowest BCUT2D eigenvalue weighted by Gasteiger charge is -2.16. The van der Waals surface area contributed by atoms with E-state index in [1.807, 2.05) is 0 Å². The van der Waals surface area contributed by atoms with E-state index in [4.69, 9.17) is 0 Å². The van der Waals surface area contributed by atoms with Crippen LogP contribution in [0.1, 0.15) is 5.56 Å². The smallest absolute Gasteiger partial charge is 0.251 e. The molecule has 0 fully saturated rings. The maximum Gasteiger partial charge on any atom is 0.251 e. The van der Waals surface area contributed by atoms with E-state index in [1.54, 1.807) is 0 Å². The molecule has 0 amide bonds. The Morgan fingerprint density at radius 3 is 2.67 bits per heavy atom. The number of benzene rings is 1. The van der Waals surface area contributed by atoms with Crippen LogP contribution in [0.15, 0.2) is 18.2 Å². The molecule has 0 bridgehead atoms. The predicted molar refractivity (Wildman–Crippen MR) is 50.4 cm³/mol. The number of halogens is 3. The van der Waals surface area contributed by atoms with Gasteiger partial charge in [0.15, 0.2) is 0 Å². The van der Waals surface area contributed by atoms with Crippen molar-refractivity contribution >= 4 is 0 Å². The Balaban J connectivity index is 2.67. The maximum absolute atomic E-state index is 12.8. The molecule has 0 aliphatic carbocycles. The van der Waals surface area contributed by atoms with E-state index in [-0.39, 0.29) is 12.3 Å². The second-order valence-corrected chi connectivity index (χ2v) is 3.36. The molecule has 1 aromatic carbocycles. The highest BCUT2D eigenvalue weighted by molar-refractivity contribution is 5.32. The van der Waals surface area contributed by atoms with Crippen LogP contribution in [-0.4, -0.2) is 30.0 Å². The normalized spacial score (nSPS) is 11.3. The third-order valence-corrected chi connectivity index (χ3v) is 1.93. The van der Waals surface area contributed by atoms with Crippen molar-refractivity contribution in [1.82, 2.24) is 4.90 Å². The molecule has 0 aliphatic rings. The van der Waals surface area contributed by atoms with Crippen LogP contribution in [0.5, 0.6) is 5.75 Å². The van der Waals surface area contributed by atoms with Crippen molar-refractivity contribution in [3.8, 4) is 5.75 Å². The Morgan fingerprint density at radius 2 is 2.07 bits per heavy atom. The first-order valence-electron chi connectivity index (χ1n) is 4.43. The first-order chi connectivity index (χ1) is 6.99. The summed E-state index contributed by atoms with van der Waals surface area (Å²) in [5, 5.41) is 9.34. The monoisotopic (exact) mass is 219 g/mol. The van der Waals surface area contributed by atoms with Crippen LogP contribution in [0, 0.1) is 5.82 Å². The van der Waals surface area contributed by atoms with Crippen LogP contribution >= 0.6 is 0 Å². The molecule has 0 saturated heterocycles. The van der Waals surface area contributed by atoms with Gasteiger partial charge >= 0.3 is 0 Å². The highest BCUT2D eigenvalue weighted by Gasteiger charge is 2.10. The van der Waals surface area contributed by atoms with Crippen molar-refractivity contribution in [3.05, 3.63) is 29.6 Å². The minimum atomic E-state index is -2.44. The van der Waals surface area contributed by atoms with Gasteiger partial charge in [-0.15, -0.1) is 0 Å². The van der Waals surface area contributed by atoms with Gasteiger partial charge in [0.2, 0.25) is 0 Å². The molecule has 15 heavy (non-hydrogen) atoms. The van der Waals surface area contributed by atoms with Gasteiger partial charge in [0.25, 0.3) is 6.43 Å². The summed E-state index contributed by atoms with van der Waals surface area (Å²) in [6.07, 6.45) is -2.44. The van der Waals surface area contributed by atoms with Gasteiger partial charge in [-0.1, -0.05) is 0 Å². The molecule has 1 N–H and O–H groups in total. The van der Waals surface area contributed by atoms with Crippen molar-refractivity contribution in [2.75, 3.05) is 13.6 Å². The molecule has 1 rings (SSSR count). The molecule has 0 heterocycles. The lowest BCUT2D eigenvalue weighted by molar-refractivity contribution is 0.0971. The van der Waals surface area contributed by atoms with E-state index in [1.165, 1.54) is 18.0 Å². The minimum absolute atomic E-state index is 0.0856. The first-order valence-corrected chi connectivity index (χ1v) is 4.43. The Labute approximate surface area is 85.9 Å². The topological polar surface area (TPSA) is 23.5 Å². The van der Waals surface area contributed by atoms with E-state index in [2.05, 4.69) is 0 Å². The zero-order valence-corrected chi connectivity index (χ0v) is 8.25. The van der Waals surface area contributed by atoms with Gasteiger partial charge in [0.1, 0.15) is 11.6 Å². The molecule has 5 heteroatoms. The van der Waals surface area contributed by atoms with E-state index in [0.717, 1.165) is 12.1 Å². The van der Waals surface area contributed by atoms with Crippen molar-refractivity contribution in [1.29, 1.82) is 0 Å². The summed E-state index contributed by atoms with van der Waals surface area (Å²) >= 11 is 0. The molecule has 2 nitrogen and oxygen atoms in total. The van der Waals surface area contributed by atoms with Crippen LogP contribution in [-0.2, 0) is 6.54 Å². The van der Waals surface area contributed by atoms with Crippen LogP contribution < -0.4 is 0 Å². The van der Waals surface area contributed by atoms with Gasteiger partial charge in [0, 0.05) is 12.1 Å². The lowest BCUT2D eigenvalue weighted by Crippen LogP contribution is -2.24. The second-order valence-electron chi connectivity index (χ2n) is 3.36. The summed E-state index contributed by atoms with van der Waals surface area (Å²) in [7, 11) is 1.48. The average Bonchev–Trinajstić information content (AvgIpc) is 2.10. The molecule has 0 saturated carbocycles. The van der Waals surface area contributed by atoms with Crippen molar-refractivity contribution < 1.29 is 18.3 Å². The van der Waals surface area contributed by atoms with E-state index < -0.39 is 18.8 Å². The molecular formula is C10H12F3NO. The fourth-order valence-electron chi connectivity index (χ4n) is 1.27. The lowest BCUT2D eigenvalue weighted by atomic mass is 10.2. The first kappa shape index (κ1) is 11.8. The Hall–Kier alpha value is -1.23. The van der Waals surface area contributed by atoms with Crippen molar-refractivity contribution in [2.45, 2.75) is 13.0 Å². The minimum Gasteiger partial charge on any atom is -0.508 e. The number of phenols is 1. The summed E-state index contributed by atoms with van der Waals surface area (Å²) in [6, 6.07) is 3.46. The maximum atomic E-state index is 12.8. The number of phenolic OH excluding ortho intramolecular Hbond substituents is 1. The molecule has 0 spiro atoms. The SMILES string of the molecule is CN(Cc1cc(F)ccc1O)CC(F)F. The van der Waals surface area contributed by atoms with Gasteiger partial charge in [-0.25, -0.2) is 13.2 Å². The Kier molecular flexibility index (Phi) is 3.96. The number of rotatable bonds is 4. The highest BCUT2D eigenvalue weighted by Crippen LogP contribution is 2.19. The molecule has 0 aliphatic heterocycles. The van der Waals surface area contributed by atoms with Gasteiger partial charge < -0.3 is 5.11 Å². The molecule has 0 aromatic heterocycles. The summed E-state index contributed by atoms with van der Waals surface area (Å²) in [6.45, 7) is -0.316. The van der Waals surface area contributed by atoms with Gasteiger partial charge in [-0.3, -0.25) is 4.90 Å². The molecule has 0 unspecified atom stereocenters. The molecule has 0 atom stereocenters. The Bertz CT molecular complexity index is 330. The zero-order valence-electron chi connectivity index (χ0n) is 8.25. The average molecular weight is 219 g/mol. The summed E-state index contributed by atoms with van der Waals surface area (Å²) < 4.78 is 36.8. The number of hydrogen-bond donors (Lipinski definition) is 1. The van der Waals surface area contributed by atoms with Crippen LogP contribution in [0.2, 0.25) is 0 Å². The number of hydrogen-bond acceptors (Lipinski definition) is 2. The summed E-state index contributed by atoms with van der Waals surface area (Å²) in [5.74, 6) is -0.578. The number of nitrogens with zero attached hydrogens (tertiary/aromatic N) is 1. The molecule has 84 valence electrons. The van der Waals surface area contributed by atoms with Crippen molar-refractivity contribution in [3.63, 3.8) is 0 Å². The standard InChI is InChI=1S/C10H12F3NO/c1-14(6-10(12)13)5-7-4-8(11)2-3-9(7)15/h2-4,10,15H,5-6H2,1H3. The summed E-state index contributed by atoms with van der Waals surface area (Å²) in [4.78, 5) is 1.32. The van der Waals surface area contributed by atoms with E-state index in [9.17, 15) is 18.3 Å². The number of alkyl halides is 2. The third kappa shape index (κ3) is 3.79. The highest BCUT2D eigenvalue weighted by atomic mass is 19.3. The van der Waals surface area contributed by atoms with E-state index >= 15 is 0 Å². The van der Waals surface area contributed by atoms with E-state index in [0.29, 0.717) is 5.56 Å². The van der Waals surface area contributed by atoms with Gasteiger partial charge in [-0.05, 0) is 25.2 Å². The third-order valence-electron chi connectivity index (χ3n) is 1.93. The largest absolute Gasteiger partial charge is 0.508 e. The van der Waals surface area contributed by atoms with Crippen LogP contribution in [0.3, 0.4) is 0 Å². The number of aromatic hydroxyl groups is 1.